The maximum Gasteiger partial charge on any atom is 0.0681 e. The van der Waals surface area contributed by atoms with E-state index in [2.05, 4.69) is 20.8 Å². The summed E-state index contributed by atoms with van der Waals surface area (Å²) in [7, 11) is 1.83. The van der Waals surface area contributed by atoms with Gasteiger partial charge in [-0.05, 0) is 31.6 Å². The molecule has 1 fully saturated rings. The molecule has 0 aromatic heterocycles. The van der Waals surface area contributed by atoms with Crippen LogP contribution in [0.3, 0.4) is 0 Å². The molecule has 2 atom stereocenters. The van der Waals surface area contributed by atoms with Gasteiger partial charge in [0.25, 0.3) is 0 Å². The van der Waals surface area contributed by atoms with Crippen molar-refractivity contribution in [2.75, 3.05) is 7.11 Å². The molecule has 0 saturated heterocycles. The first-order valence-electron chi connectivity index (χ1n) is 4.15. The van der Waals surface area contributed by atoms with Crippen LogP contribution in [0, 0.1) is 11.8 Å². The zero-order chi connectivity index (χ0) is 7.78. The van der Waals surface area contributed by atoms with Crippen molar-refractivity contribution in [1.82, 2.24) is 0 Å². The third-order valence-electron chi connectivity index (χ3n) is 3.01. The normalized spacial score (nSPS) is 39.9. The molecule has 1 heteroatoms. The molecule has 60 valence electrons. The minimum atomic E-state index is 0.203. The Balaban J connectivity index is 2.49. The highest BCUT2D eigenvalue weighted by atomic mass is 16.5. The van der Waals surface area contributed by atoms with Crippen molar-refractivity contribution >= 4 is 0 Å². The van der Waals surface area contributed by atoms with Crippen molar-refractivity contribution < 1.29 is 4.74 Å². The van der Waals surface area contributed by atoms with Gasteiger partial charge < -0.3 is 4.74 Å². The molecule has 0 unspecified atom stereocenters. The lowest BCUT2D eigenvalue weighted by Gasteiger charge is -2.48. The molecule has 0 aromatic rings. The van der Waals surface area contributed by atoms with E-state index in [0.29, 0.717) is 0 Å². The van der Waals surface area contributed by atoms with E-state index < -0.39 is 0 Å². The Morgan fingerprint density at radius 2 is 2.10 bits per heavy atom. The molecule has 0 bridgehead atoms. The van der Waals surface area contributed by atoms with Gasteiger partial charge in [0.2, 0.25) is 0 Å². The topological polar surface area (TPSA) is 9.23 Å². The molecular formula is C9H18O. The zero-order valence-electron chi connectivity index (χ0n) is 7.48. The standard InChI is InChI=1S/C9H18O/c1-7(2)8-5-6-9(8,3)10-4/h7-8H,5-6H2,1-4H3/t8-,9+/m0/s1. The quantitative estimate of drug-likeness (QED) is 0.575. The van der Waals surface area contributed by atoms with Crippen molar-refractivity contribution in [3.8, 4) is 0 Å². The largest absolute Gasteiger partial charge is 0.378 e. The Labute approximate surface area is 63.8 Å². The molecule has 0 radical (unpaired) electrons. The Hall–Kier alpha value is -0.0400. The van der Waals surface area contributed by atoms with Gasteiger partial charge in [0.1, 0.15) is 0 Å². The van der Waals surface area contributed by atoms with Crippen molar-refractivity contribution in [3.63, 3.8) is 0 Å². The van der Waals surface area contributed by atoms with E-state index in [1.54, 1.807) is 0 Å². The lowest BCUT2D eigenvalue weighted by atomic mass is 9.65. The fourth-order valence-electron chi connectivity index (χ4n) is 2.01. The Bertz CT molecular complexity index is 116. The van der Waals surface area contributed by atoms with Gasteiger partial charge in [0, 0.05) is 7.11 Å². The second-order valence-corrected chi connectivity index (χ2v) is 3.91. The molecule has 0 N–H and O–H groups in total. The molecule has 0 aromatic carbocycles. The van der Waals surface area contributed by atoms with E-state index in [4.69, 9.17) is 4.74 Å². The molecule has 1 nitrogen and oxygen atoms in total. The van der Waals surface area contributed by atoms with Crippen LogP contribution in [0.4, 0.5) is 0 Å². The highest BCUT2D eigenvalue weighted by molar-refractivity contribution is 4.95. The summed E-state index contributed by atoms with van der Waals surface area (Å²) in [5.74, 6) is 1.57. The molecule has 10 heavy (non-hydrogen) atoms. The summed E-state index contributed by atoms with van der Waals surface area (Å²) in [4.78, 5) is 0. The molecule has 1 aliphatic rings. The third-order valence-corrected chi connectivity index (χ3v) is 3.01. The van der Waals surface area contributed by atoms with E-state index in [1.165, 1.54) is 12.8 Å². The molecule has 1 rings (SSSR count). The summed E-state index contributed by atoms with van der Waals surface area (Å²) in [5.41, 5.74) is 0.203. The Kier molecular flexibility index (Phi) is 2.04. The monoisotopic (exact) mass is 142 g/mol. The minimum absolute atomic E-state index is 0.203. The Morgan fingerprint density at radius 1 is 1.50 bits per heavy atom. The highest BCUT2D eigenvalue weighted by Crippen LogP contribution is 2.44. The summed E-state index contributed by atoms with van der Waals surface area (Å²) in [6.07, 6.45) is 2.59. The van der Waals surface area contributed by atoms with Crippen LogP contribution in [0.25, 0.3) is 0 Å². The molecule has 1 saturated carbocycles. The molecular weight excluding hydrogens is 124 g/mol. The molecule has 0 spiro atoms. The second-order valence-electron chi connectivity index (χ2n) is 3.91. The van der Waals surface area contributed by atoms with Gasteiger partial charge >= 0.3 is 0 Å². The van der Waals surface area contributed by atoms with Crippen molar-refractivity contribution in [2.45, 2.75) is 39.2 Å². The Morgan fingerprint density at radius 3 is 2.20 bits per heavy atom. The number of methoxy groups -OCH3 is 1. The average Bonchev–Trinajstić information content (AvgIpc) is 1.83. The summed E-state index contributed by atoms with van der Waals surface area (Å²) in [6.45, 7) is 6.78. The predicted molar refractivity (Wildman–Crippen MR) is 43.0 cm³/mol. The van der Waals surface area contributed by atoms with E-state index in [-0.39, 0.29) is 5.60 Å². The highest BCUT2D eigenvalue weighted by Gasteiger charge is 2.44. The van der Waals surface area contributed by atoms with E-state index >= 15 is 0 Å². The van der Waals surface area contributed by atoms with Crippen molar-refractivity contribution in [3.05, 3.63) is 0 Å². The molecule has 1 aliphatic carbocycles. The zero-order valence-corrected chi connectivity index (χ0v) is 7.48. The summed E-state index contributed by atoms with van der Waals surface area (Å²) >= 11 is 0. The predicted octanol–water partition coefficient (Wildman–Crippen LogP) is 2.46. The maximum absolute atomic E-state index is 5.45. The van der Waals surface area contributed by atoms with Crippen LogP contribution in [0.15, 0.2) is 0 Å². The van der Waals surface area contributed by atoms with Crippen LogP contribution in [-0.4, -0.2) is 12.7 Å². The summed E-state index contributed by atoms with van der Waals surface area (Å²) in [5, 5.41) is 0. The number of hydrogen-bond donors (Lipinski definition) is 0. The second kappa shape index (κ2) is 2.54. The van der Waals surface area contributed by atoms with Gasteiger partial charge in [0.15, 0.2) is 0 Å². The first kappa shape index (κ1) is 8.06. The average molecular weight is 142 g/mol. The lowest BCUT2D eigenvalue weighted by Crippen LogP contribution is -2.48. The fraction of sp³-hybridized carbons (Fsp3) is 1.00. The van der Waals surface area contributed by atoms with Gasteiger partial charge in [-0.2, -0.15) is 0 Å². The van der Waals surface area contributed by atoms with E-state index in [9.17, 15) is 0 Å². The van der Waals surface area contributed by atoms with E-state index in [1.807, 2.05) is 7.11 Å². The first-order valence-corrected chi connectivity index (χ1v) is 4.15. The number of rotatable bonds is 2. The van der Waals surface area contributed by atoms with Gasteiger partial charge in [-0.15, -0.1) is 0 Å². The molecule has 0 amide bonds. The minimum Gasteiger partial charge on any atom is -0.378 e. The van der Waals surface area contributed by atoms with Crippen LogP contribution < -0.4 is 0 Å². The smallest absolute Gasteiger partial charge is 0.0681 e. The third kappa shape index (κ3) is 1.07. The fourth-order valence-corrected chi connectivity index (χ4v) is 2.01. The van der Waals surface area contributed by atoms with Gasteiger partial charge in [-0.3, -0.25) is 0 Å². The van der Waals surface area contributed by atoms with Gasteiger partial charge in [0.05, 0.1) is 5.60 Å². The van der Waals surface area contributed by atoms with Gasteiger partial charge in [-0.1, -0.05) is 13.8 Å². The van der Waals surface area contributed by atoms with Crippen LogP contribution in [-0.2, 0) is 4.74 Å². The van der Waals surface area contributed by atoms with Crippen LogP contribution in [0.1, 0.15) is 33.6 Å². The van der Waals surface area contributed by atoms with Crippen LogP contribution in [0.2, 0.25) is 0 Å². The SMILES string of the molecule is CO[C@]1(C)CC[C@H]1C(C)C. The number of ether oxygens (including phenoxy) is 1. The van der Waals surface area contributed by atoms with E-state index in [0.717, 1.165) is 11.8 Å². The van der Waals surface area contributed by atoms with Crippen molar-refractivity contribution in [1.29, 1.82) is 0 Å². The molecule has 0 aliphatic heterocycles. The van der Waals surface area contributed by atoms with Gasteiger partial charge in [-0.25, -0.2) is 0 Å². The van der Waals surface area contributed by atoms with Crippen LogP contribution >= 0.6 is 0 Å². The summed E-state index contributed by atoms with van der Waals surface area (Å²) in [6, 6.07) is 0. The van der Waals surface area contributed by atoms with Crippen molar-refractivity contribution in [2.24, 2.45) is 11.8 Å². The number of hydrogen-bond acceptors (Lipinski definition) is 1. The lowest BCUT2D eigenvalue weighted by molar-refractivity contribution is -0.125. The maximum atomic E-state index is 5.45. The first-order chi connectivity index (χ1) is 4.60. The van der Waals surface area contributed by atoms with Crippen LogP contribution in [0.5, 0.6) is 0 Å². The molecule has 0 heterocycles. The summed E-state index contributed by atoms with van der Waals surface area (Å²) < 4.78 is 5.45.